The Hall–Kier alpha value is -3.41. The zero-order valence-electron chi connectivity index (χ0n) is 15.7. The minimum atomic E-state index is 0.109. The molecule has 146 valence electrons. The molecule has 7 N–H and O–H groups in total. The van der Waals surface area contributed by atoms with Crippen LogP contribution in [0.5, 0.6) is 5.75 Å². The van der Waals surface area contributed by atoms with E-state index in [0.29, 0.717) is 28.4 Å². The van der Waals surface area contributed by atoms with Crippen molar-refractivity contribution in [1.82, 2.24) is 4.90 Å². The van der Waals surface area contributed by atoms with E-state index in [1.54, 1.807) is 24.3 Å². The van der Waals surface area contributed by atoms with Gasteiger partial charge < -0.3 is 27.2 Å². The second-order valence-corrected chi connectivity index (χ2v) is 7.03. The highest BCUT2D eigenvalue weighted by Gasteiger charge is 2.23. The van der Waals surface area contributed by atoms with Gasteiger partial charge in [-0.05, 0) is 36.6 Å². The Morgan fingerprint density at radius 2 is 1.79 bits per heavy atom. The van der Waals surface area contributed by atoms with Gasteiger partial charge in [0.25, 0.3) is 0 Å². The molecule has 1 fully saturated rings. The summed E-state index contributed by atoms with van der Waals surface area (Å²) in [6.45, 7) is 1.57. The number of likely N-dealkylation sites (tertiary alicyclic amines) is 1. The van der Waals surface area contributed by atoms with Crippen LogP contribution in [0.15, 0.2) is 66.1 Å². The van der Waals surface area contributed by atoms with Crippen LogP contribution in [0.1, 0.15) is 40.2 Å². The number of phenolic OH excluding ortho intramolecular Hbond substituents is 1. The third kappa shape index (κ3) is 4.28. The van der Waals surface area contributed by atoms with Crippen LogP contribution in [0.25, 0.3) is 5.70 Å². The lowest BCUT2D eigenvalue weighted by Crippen LogP contribution is -2.36. The SMILES string of the molecule is NC(N)=C(/C=C(\N)c1ccccc1O)N1CCCC(c2ccc(C=O)cc2)C1. The van der Waals surface area contributed by atoms with Gasteiger partial charge in [0.15, 0.2) is 0 Å². The number of carbonyl (C=O) groups excluding carboxylic acids is 1. The number of hydrogen-bond acceptors (Lipinski definition) is 6. The number of para-hydroxylation sites is 1. The molecule has 0 saturated carbocycles. The van der Waals surface area contributed by atoms with Crippen molar-refractivity contribution in [3.63, 3.8) is 0 Å². The molecule has 0 bridgehead atoms. The fourth-order valence-electron chi connectivity index (χ4n) is 3.61. The zero-order chi connectivity index (χ0) is 20.1. The molecule has 0 aliphatic carbocycles. The third-order valence-electron chi connectivity index (χ3n) is 5.11. The number of aldehydes is 1. The van der Waals surface area contributed by atoms with Gasteiger partial charge in [0.1, 0.15) is 17.9 Å². The Bertz CT molecular complexity index is 899. The van der Waals surface area contributed by atoms with Gasteiger partial charge in [-0.25, -0.2) is 0 Å². The van der Waals surface area contributed by atoms with Gasteiger partial charge in [0.05, 0.1) is 5.70 Å². The van der Waals surface area contributed by atoms with E-state index in [9.17, 15) is 9.90 Å². The topological polar surface area (TPSA) is 119 Å². The molecular weight excluding hydrogens is 352 g/mol. The molecule has 1 heterocycles. The number of phenols is 1. The number of allylic oxidation sites excluding steroid dienone is 1. The monoisotopic (exact) mass is 378 g/mol. The highest BCUT2D eigenvalue weighted by molar-refractivity contribution is 5.74. The normalized spacial score (nSPS) is 17.2. The van der Waals surface area contributed by atoms with Gasteiger partial charge in [-0.15, -0.1) is 0 Å². The molecule has 3 rings (SSSR count). The number of aromatic hydroxyl groups is 1. The molecule has 1 atom stereocenters. The molecule has 1 saturated heterocycles. The van der Waals surface area contributed by atoms with E-state index >= 15 is 0 Å². The predicted molar refractivity (Wildman–Crippen MR) is 111 cm³/mol. The number of carbonyl (C=O) groups is 1. The van der Waals surface area contributed by atoms with Crippen LogP contribution in [-0.4, -0.2) is 29.4 Å². The summed E-state index contributed by atoms with van der Waals surface area (Å²) in [5.41, 5.74) is 21.6. The fourth-order valence-corrected chi connectivity index (χ4v) is 3.61. The summed E-state index contributed by atoms with van der Waals surface area (Å²) in [5.74, 6) is 0.608. The molecule has 6 nitrogen and oxygen atoms in total. The number of hydrogen-bond donors (Lipinski definition) is 4. The molecule has 28 heavy (non-hydrogen) atoms. The van der Waals surface area contributed by atoms with E-state index in [4.69, 9.17) is 17.2 Å². The average molecular weight is 378 g/mol. The van der Waals surface area contributed by atoms with Gasteiger partial charge in [-0.3, -0.25) is 4.79 Å². The van der Waals surface area contributed by atoms with Crippen molar-refractivity contribution in [3.05, 3.63) is 82.8 Å². The molecular formula is C22H26N4O2. The number of piperidine rings is 1. The lowest BCUT2D eigenvalue weighted by atomic mass is 9.90. The summed E-state index contributed by atoms with van der Waals surface area (Å²) in [7, 11) is 0. The summed E-state index contributed by atoms with van der Waals surface area (Å²) in [5, 5.41) is 10.0. The van der Waals surface area contributed by atoms with E-state index in [2.05, 4.69) is 4.90 Å². The zero-order valence-corrected chi connectivity index (χ0v) is 15.7. The summed E-state index contributed by atoms with van der Waals surface area (Å²) in [6.07, 6.45) is 4.61. The summed E-state index contributed by atoms with van der Waals surface area (Å²) >= 11 is 0. The average Bonchev–Trinajstić information content (AvgIpc) is 2.72. The van der Waals surface area contributed by atoms with Crippen LogP contribution < -0.4 is 17.2 Å². The number of nitrogens with two attached hydrogens (primary N) is 3. The molecule has 1 aliphatic rings. The molecule has 0 amide bonds. The molecule has 2 aromatic carbocycles. The Balaban J connectivity index is 1.84. The quantitative estimate of drug-likeness (QED) is 0.469. The Labute approximate surface area is 164 Å². The van der Waals surface area contributed by atoms with E-state index in [1.807, 2.05) is 30.3 Å². The Morgan fingerprint density at radius 1 is 1.07 bits per heavy atom. The molecule has 0 radical (unpaired) electrons. The summed E-state index contributed by atoms with van der Waals surface area (Å²) in [6, 6.07) is 14.6. The van der Waals surface area contributed by atoms with Crippen molar-refractivity contribution < 1.29 is 9.90 Å². The second-order valence-electron chi connectivity index (χ2n) is 7.03. The third-order valence-corrected chi connectivity index (χ3v) is 5.11. The lowest BCUT2D eigenvalue weighted by molar-refractivity contribution is 0.112. The first-order chi connectivity index (χ1) is 13.5. The smallest absolute Gasteiger partial charge is 0.150 e. The summed E-state index contributed by atoms with van der Waals surface area (Å²) < 4.78 is 0. The van der Waals surface area contributed by atoms with Gasteiger partial charge >= 0.3 is 0 Å². The van der Waals surface area contributed by atoms with Crippen molar-refractivity contribution >= 4 is 12.0 Å². The number of nitrogens with zero attached hydrogens (tertiary/aromatic N) is 1. The van der Waals surface area contributed by atoms with Gasteiger partial charge in [0.2, 0.25) is 0 Å². The molecule has 2 aromatic rings. The lowest BCUT2D eigenvalue weighted by Gasteiger charge is -2.35. The highest BCUT2D eigenvalue weighted by atomic mass is 16.3. The maximum atomic E-state index is 10.9. The summed E-state index contributed by atoms with van der Waals surface area (Å²) in [4.78, 5) is 13.0. The van der Waals surface area contributed by atoms with E-state index in [-0.39, 0.29) is 11.6 Å². The van der Waals surface area contributed by atoms with Crippen LogP contribution in [0, 0.1) is 0 Å². The van der Waals surface area contributed by atoms with Gasteiger partial charge in [-0.2, -0.15) is 0 Å². The van der Waals surface area contributed by atoms with Crippen molar-refractivity contribution in [2.24, 2.45) is 17.2 Å². The maximum Gasteiger partial charge on any atom is 0.150 e. The largest absolute Gasteiger partial charge is 0.507 e. The molecule has 1 aliphatic heterocycles. The van der Waals surface area contributed by atoms with E-state index < -0.39 is 0 Å². The standard InChI is InChI=1S/C22H26N4O2/c23-19(18-5-1-2-6-21(18)28)12-20(22(24)25)26-11-3-4-17(13-26)16-9-7-15(14-27)8-10-16/h1-2,5-10,12,14,17,28H,3-4,11,13,23-25H2/b19-12-. The number of benzene rings is 2. The van der Waals surface area contributed by atoms with Gasteiger partial charge in [0, 0.05) is 35.8 Å². The van der Waals surface area contributed by atoms with Crippen molar-refractivity contribution in [3.8, 4) is 5.75 Å². The maximum absolute atomic E-state index is 10.9. The van der Waals surface area contributed by atoms with Crippen molar-refractivity contribution in [2.75, 3.05) is 13.1 Å². The minimum Gasteiger partial charge on any atom is -0.507 e. The first-order valence-electron chi connectivity index (χ1n) is 9.30. The molecule has 6 heteroatoms. The van der Waals surface area contributed by atoms with Crippen molar-refractivity contribution in [1.29, 1.82) is 0 Å². The molecule has 1 unspecified atom stereocenters. The van der Waals surface area contributed by atoms with Crippen LogP contribution in [-0.2, 0) is 0 Å². The van der Waals surface area contributed by atoms with Crippen molar-refractivity contribution in [2.45, 2.75) is 18.8 Å². The van der Waals surface area contributed by atoms with Crippen LogP contribution in [0.4, 0.5) is 0 Å². The number of rotatable bonds is 5. The van der Waals surface area contributed by atoms with Crippen LogP contribution in [0.2, 0.25) is 0 Å². The molecule has 0 aromatic heterocycles. The first kappa shape index (κ1) is 19.4. The Kier molecular flexibility index (Phi) is 5.89. The van der Waals surface area contributed by atoms with Gasteiger partial charge in [-0.1, -0.05) is 36.4 Å². The van der Waals surface area contributed by atoms with Crippen LogP contribution >= 0.6 is 0 Å². The predicted octanol–water partition coefficient (Wildman–Crippen LogP) is 2.47. The molecule has 0 spiro atoms. The Morgan fingerprint density at radius 3 is 2.43 bits per heavy atom. The van der Waals surface area contributed by atoms with Crippen LogP contribution in [0.3, 0.4) is 0 Å². The first-order valence-corrected chi connectivity index (χ1v) is 9.30. The highest BCUT2D eigenvalue weighted by Crippen LogP contribution is 2.30. The fraction of sp³-hybridized carbons (Fsp3) is 0.227. The van der Waals surface area contributed by atoms with E-state index in [0.717, 1.165) is 32.2 Å². The minimum absolute atomic E-state index is 0.109. The second kappa shape index (κ2) is 8.52. The van der Waals surface area contributed by atoms with E-state index in [1.165, 1.54) is 5.56 Å².